The van der Waals surface area contributed by atoms with Gasteiger partial charge in [0.25, 0.3) is 5.91 Å². The standard InChI is InChI=1S/C21H20FN5O3S2/c1-30-18(28)12-31-21-23-9-16(13-4-6-15(22)7-5-13)19(24-21)14-3-2-8-27(10-14)20(29)17-11-32-26-25-17/h4-7,9,11,14H,2-3,8,10,12H2,1H3/t14-/m0/s1. The number of hydrogen-bond acceptors (Lipinski definition) is 9. The number of amides is 1. The van der Waals surface area contributed by atoms with Gasteiger partial charge >= 0.3 is 5.97 Å². The average molecular weight is 474 g/mol. The van der Waals surface area contributed by atoms with E-state index in [0.29, 0.717) is 23.9 Å². The Bertz CT molecular complexity index is 1100. The van der Waals surface area contributed by atoms with Crippen molar-refractivity contribution in [2.45, 2.75) is 23.9 Å². The highest BCUT2D eigenvalue weighted by atomic mass is 32.2. The molecule has 11 heteroatoms. The molecule has 1 saturated heterocycles. The molecule has 3 aromatic rings. The van der Waals surface area contributed by atoms with E-state index in [4.69, 9.17) is 9.72 Å². The largest absolute Gasteiger partial charge is 0.468 e. The molecule has 1 aliphatic heterocycles. The fourth-order valence-electron chi connectivity index (χ4n) is 3.60. The molecule has 8 nitrogen and oxygen atoms in total. The Kier molecular flexibility index (Phi) is 7.05. The molecule has 32 heavy (non-hydrogen) atoms. The molecule has 0 bridgehead atoms. The van der Waals surface area contributed by atoms with E-state index in [-0.39, 0.29) is 29.4 Å². The van der Waals surface area contributed by atoms with Gasteiger partial charge in [-0.15, -0.1) is 5.10 Å². The van der Waals surface area contributed by atoms with Crippen LogP contribution in [-0.2, 0) is 9.53 Å². The van der Waals surface area contributed by atoms with E-state index < -0.39 is 0 Å². The highest BCUT2D eigenvalue weighted by Gasteiger charge is 2.29. The fourth-order valence-corrected chi connectivity index (χ4v) is 4.68. The molecule has 1 aliphatic rings. The maximum Gasteiger partial charge on any atom is 0.316 e. The molecule has 166 valence electrons. The van der Waals surface area contributed by atoms with Gasteiger partial charge in [-0.1, -0.05) is 28.4 Å². The summed E-state index contributed by atoms with van der Waals surface area (Å²) >= 11 is 2.33. The van der Waals surface area contributed by atoms with Crippen LogP contribution in [0.5, 0.6) is 0 Å². The molecule has 1 amide bonds. The first-order valence-corrected chi connectivity index (χ1v) is 11.8. The molecule has 1 aromatic carbocycles. The fraction of sp³-hybridized carbons (Fsp3) is 0.333. The minimum absolute atomic E-state index is 0.0418. The molecule has 1 atom stereocenters. The smallest absolute Gasteiger partial charge is 0.316 e. The monoisotopic (exact) mass is 473 g/mol. The number of rotatable bonds is 6. The van der Waals surface area contributed by atoms with Crippen molar-refractivity contribution in [2.24, 2.45) is 0 Å². The van der Waals surface area contributed by atoms with Crippen molar-refractivity contribution in [3.8, 4) is 11.1 Å². The third kappa shape index (κ3) is 5.10. The SMILES string of the molecule is COC(=O)CSc1ncc(-c2ccc(F)cc2)c([C@H]2CCCN(C(=O)c3csnn3)C2)n1. The maximum atomic E-state index is 13.5. The molecule has 3 heterocycles. The predicted octanol–water partition coefficient (Wildman–Crippen LogP) is 3.42. The van der Waals surface area contributed by atoms with Crippen LogP contribution in [0.4, 0.5) is 4.39 Å². The second kappa shape index (κ2) is 10.1. The number of aromatic nitrogens is 4. The zero-order valence-electron chi connectivity index (χ0n) is 17.2. The first-order valence-electron chi connectivity index (χ1n) is 9.94. The molecule has 4 rings (SSSR count). The van der Waals surface area contributed by atoms with E-state index in [0.717, 1.165) is 41.2 Å². The summed E-state index contributed by atoms with van der Waals surface area (Å²) in [7, 11) is 1.33. The topological polar surface area (TPSA) is 98.2 Å². The first-order chi connectivity index (χ1) is 15.5. The molecular formula is C21H20FN5O3S2. The Labute approximate surface area is 192 Å². The second-order valence-corrected chi connectivity index (χ2v) is 8.76. The van der Waals surface area contributed by atoms with E-state index in [2.05, 4.69) is 14.6 Å². The number of hydrogen-bond donors (Lipinski definition) is 0. The number of piperidine rings is 1. The van der Waals surface area contributed by atoms with Gasteiger partial charge < -0.3 is 9.64 Å². The highest BCUT2D eigenvalue weighted by molar-refractivity contribution is 7.99. The van der Waals surface area contributed by atoms with Crippen LogP contribution in [0.2, 0.25) is 0 Å². The normalized spacial score (nSPS) is 16.1. The predicted molar refractivity (Wildman–Crippen MR) is 118 cm³/mol. The Morgan fingerprint density at radius 1 is 1.31 bits per heavy atom. The number of esters is 1. The van der Waals surface area contributed by atoms with Gasteiger partial charge in [0.2, 0.25) is 0 Å². The van der Waals surface area contributed by atoms with Crippen molar-refractivity contribution in [3.05, 3.63) is 53.0 Å². The van der Waals surface area contributed by atoms with E-state index in [9.17, 15) is 14.0 Å². The van der Waals surface area contributed by atoms with Crippen LogP contribution in [0, 0.1) is 5.82 Å². The molecule has 0 aliphatic carbocycles. The number of likely N-dealkylation sites (tertiary alicyclic amines) is 1. The van der Waals surface area contributed by atoms with Gasteiger partial charge in [-0.25, -0.2) is 14.4 Å². The number of carbonyl (C=O) groups excluding carboxylic acids is 2. The zero-order valence-corrected chi connectivity index (χ0v) is 18.9. The molecule has 0 N–H and O–H groups in total. The summed E-state index contributed by atoms with van der Waals surface area (Å²) in [4.78, 5) is 35.2. The maximum absolute atomic E-state index is 13.5. The lowest BCUT2D eigenvalue weighted by Gasteiger charge is -2.33. The lowest BCUT2D eigenvalue weighted by molar-refractivity contribution is -0.137. The molecule has 2 aromatic heterocycles. The molecule has 0 unspecified atom stereocenters. The van der Waals surface area contributed by atoms with E-state index >= 15 is 0 Å². The number of halogens is 1. The van der Waals surface area contributed by atoms with Crippen LogP contribution >= 0.6 is 23.3 Å². The Morgan fingerprint density at radius 2 is 2.12 bits per heavy atom. The summed E-state index contributed by atoms with van der Waals surface area (Å²) in [6.07, 6.45) is 3.34. The summed E-state index contributed by atoms with van der Waals surface area (Å²) in [6.45, 7) is 1.11. The van der Waals surface area contributed by atoms with Crippen LogP contribution in [-0.4, -0.2) is 62.3 Å². The van der Waals surface area contributed by atoms with Crippen molar-refractivity contribution in [3.63, 3.8) is 0 Å². The first kappa shape index (κ1) is 22.3. The lowest BCUT2D eigenvalue weighted by Crippen LogP contribution is -2.39. The number of nitrogens with zero attached hydrogens (tertiary/aromatic N) is 5. The molecule has 0 saturated carbocycles. The summed E-state index contributed by atoms with van der Waals surface area (Å²) in [5.74, 6) is -0.791. The minimum atomic E-state index is -0.367. The number of carbonyl (C=O) groups is 2. The number of ether oxygens (including phenoxy) is 1. The molecule has 1 fully saturated rings. The number of thioether (sulfide) groups is 1. The highest BCUT2D eigenvalue weighted by Crippen LogP contribution is 2.34. The molecule has 0 radical (unpaired) electrons. The summed E-state index contributed by atoms with van der Waals surface area (Å²) in [5, 5.41) is 5.98. The summed E-state index contributed by atoms with van der Waals surface area (Å²) in [6, 6.07) is 6.16. The van der Waals surface area contributed by atoms with Gasteiger partial charge in [0, 0.05) is 36.1 Å². The van der Waals surface area contributed by atoms with Crippen LogP contribution in [0.25, 0.3) is 11.1 Å². The van der Waals surface area contributed by atoms with Crippen LogP contribution < -0.4 is 0 Å². The van der Waals surface area contributed by atoms with Crippen LogP contribution in [0.15, 0.2) is 41.0 Å². The van der Waals surface area contributed by atoms with Crippen molar-refractivity contribution >= 4 is 35.2 Å². The van der Waals surface area contributed by atoms with Crippen molar-refractivity contribution < 1.29 is 18.7 Å². The van der Waals surface area contributed by atoms with E-state index in [1.165, 1.54) is 31.0 Å². The lowest BCUT2D eigenvalue weighted by atomic mass is 9.90. The third-order valence-electron chi connectivity index (χ3n) is 5.17. The van der Waals surface area contributed by atoms with Gasteiger partial charge in [0.15, 0.2) is 10.9 Å². The zero-order chi connectivity index (χ0) is 22.5. The van der Waals surface area contributed by atoms with Gasteiger partial charge in [0.1, 0.15) is 5.82 Å². The van der Waals surface area contributed by atoms with Crippen molar-refractivity contribution in [2.75, 3.05) is 26.0 Å². The quantitative estimate of drug-likeness (QED) is 0.305. The Balaban J connectivity index is 1.64. The Morgan fingerprint density at radius 3 is 2.84 bits per heavy atom. The Hall–Kier alpha value is -2.92. The molecule has 0 spiro atoms. The van der Waals surface area contributed by atoms with E-state index in [1.54, 1.807) is 28.6 Å². The van der Waals surface area contributed by atoms with Gasteiger partial charge in [-0.2, -0.15) is 0 Å². The van der Waals surface area contributed by atoms with Crippen molar-refractivity contribution in [1.82, 2.24) is 24.5 Å². The summed E-state index contributed by atoms with van der Waals surface area (Å²) < 4.78 is 21.9. The van der Waals surface area contributed by atoms with Gasteiger partial charge in [-0.3, -0.25) is 9.59 Å². The molecular weight excluding hydrogens is 453 g/mol. The number of methoxy groups -OCH3 is 1. The van der Waals surface area contributed by atoms with Gasteiger partial charge in [-0.05, 0) is 42.1 Å². The van der Waals surface area contributed by atoms with E-state index in [1.807, 2.05) is 0 Å². The number of benzene rings is 1. The minimum Gasteiger partial charge on any atom is -0.468 e. The van der Waals surface area contributed by atoms with Crippen LogP contribution in [0.1, 0.15) is 34.9 Å². The summed E-state index contributed by atoms with van der Waals surface area (Å²) in [5.41, 5.74) is 2.68. The second-order valence-electron chi connectivity index (χ2n) is 7.20. The van der Waals surface area contributed by atoms with Crippen molar-refractivity contribution in [1.29, 1.82) is 0 Å². The van der Waals surface area contributed by atoms with Crippen LogP contribution in [0.3, 0.4) is 0 Å². The average Bonchev–Trinajstić information content (AvgIpc) is 3.37. The van der Waals surface area contributed by atoms with Gasteiger partial charge in [0.05, 0.1) is 18.6 Å². The third-order valence-corrected chi connectivity index (χ3v) is 6.51.